The Bertz CT molecular complexity index is 1420. The molecule has 32 heavy (non-hydrogen) atoms. The number of aryl methyl sites for hydroxylation is 2. The maximum atomic E-state index is 13.3. The Balaban J connectivity index is 1.53. The Morgan fingerprint density at radius 1 is 1.03 bits per heavy atom. The first-order valence-electron chi connectivity index (χ1n) is 9.94. The molecule has 0 fully saturated rings. The van der Waals surface area contributed by atoms with Crippen LogP contribution in [0.15, 0.2) is 61.1 Å². The molecule has 160 valence electrons. The van der Waals surface area contributed by atoms with Gasteiger partial charge >= 0.3 is 0 Å². The summed E-state index contributed by atoms with van der Waals surface area (Å²) < 4.78 is 22.5. The molecule has 0 atom stereocenters. The van der Waals surface area contributed by atoms with Crippen molar-refractivity contribution in [1.82, 2.24) is 29.3 Å². The molecular formula is C23H20FN7O. The molecular weight excluding hydrogens is 409 g/mol. The summed E-state index contributed by atoms with van der Waals surface area (Å²) in [6.45, 7) is 1.83. The van der Waals surface area contributed by atoms with Gasteiger partial charge in [0.25, 0.3) is 0 Å². The van der Waals surface area contributed by atoms with E-state index in [9.17, 15) is 4.39 Å². The van der Waals surface area contributed by atoms with Crippen LogP contribution in [0, 0.1) is 12.7 Å². The van der Waals surface area contributed by atoms with Crippen LogP contribution in [0.4, 0.5) is 15.9 Å². The molecule has 0 unspecified atom stereocenters. The number of imidazole rings is 1. The lowest BCUT2D eigenvalue weighted by molar-refractivity contribution is 0.412. The Morgan fingerprint density at radius 2 is 1.84 bits per heavy atom. The predicted molar refractivity (Wildman–Crippen MR) is 120 cm³/mol. The number of hydrogen-bond acceptors (Lipinski definition) is 6. The number of fused-ring (bicyclic) bond motifs is 1. The topological polar surface area (TPSA) is 82.7 Å². The maximum absolute atomic E-state index is 13.3. The molecule has 0 bridgehead atoms. The molecule has 0 aliphatic heterocycles. The first kappa shape index (κ1) is 19.7. The molecule has 0 saturated carbocycles. The fourth-order valence-electron chi connectivity index (χ4n) is 3.61. The number of aromatic nitrogens is 6. The van der Waals surface area contributed by atoms with E-state index in [2.05, 4.69) is 20.4 Å². The third kappa shape index (κ3) is 3.43. The number of rotatable bonds is 5. The summed E-state index contributed by atoms with van der Waals surface area (Å²) >= 11 is 0. The molecule has 8 nitrogen and oxygen atoms in total. The number of pyridine rings is 1. The van der Waals surface area contributed by atoms with Crippen molar-refractivity contribution >= 4 is 22.5 Å². The van der Waals surface area contributed by atoms with Gasteiger partial charge in [-0.25, -0.2) is 24.0 Å². The third-order valence-corrected chi connectivity index (χ3v) is 5.20. The van der Waals surface area contributed by atoms with Crippen LogP contribution < -0.4 is 10.1 Å². The first-order chi connectivity index (χ1) is 15.5. The van der Waals surface area contributed by atoms with Gasteiger partial charge in [-0.1, -0.05) is 0 Å². The maximum Gasteiger partial charge on any atom is 0.158 e. The molecule has 0 spiro atoms. The molecule has 0 amide bonds. The molecule has 5 rings (SSSR count). The zero-order chi connectivity index (χ0) is 22.2. The van der Waals surface area contributed by atoms with Gasteiger partial charge in [0.2, 0.25) is 0 Å². The molecule has 0 aliphatic rings. The van der Waals surface area contributed by atoms with E-state index in [1.807, 2.05) is 42.8 Å². The lowest BCUT2D eigenvalue weighted by Gasteiger charge is -2.12. The minimum absolute atomic E-state index is 0.282. The highest BCUT2D eigenvalue weighted by atomic mass is 19.1. The van der Waals surface area contributed by atoms with E-state index in [0.29, 0.717) is 22.9 Å². The quantitative estimate of drug-likeness (QED) is 0.445. The minimum atomic E-state index is -0.282. The summed E-state index contributed by atoms with van der Waals surface area (Å²) in [6, 6.07) is 13.9. The lowest BCUT2D eigenvalue weighted by atomic mass is 10.2. The summed E-state index contributed by atoms with van der Waals surface area (Å²) in [5.74, 6) is 2.37. The fraction of sp³-hybridized carbons (Fsp3) is 0.130. The van der Waals surface area contributed by atoms with Gasteiger partial charge in [-0.05, 0) is 49.4 Å². The standard InChI is InChI=1S/C23H20FN7O/c1-14-26-13-31(29-14)18-9-8-17(12-20(18)32-3)27-22-21-19(10-11-25-22)30(2)23(28-21)15-4-6-16(24)7-5-15/h4-13H,1-3H3,(H,25,27). The van der Waals surface area contributed by atoms with Crippen LogP contribution in [0.2, 0.25) is 0 Å². The Morgan fingerprint density at radius 3 is 2.56 bits per heavy atom. The average molecular weight is 429 g/mol. The van der Waals surface area contributed by atoms with Crippen molar-refractivity contribution in [1.29, 1.82) is 0 Å². The summed E-state index contributed by atoms with van der Waals surface area (Å²) in [6.07, 6.45) is 3.37. The molecule has 0 saturated heterocycles. The normalized spacial score (nSPS) is 11.1. The van der Waals surface area contributed by atoms with Crippen molar-refractivity contribution < 1.29 is 9.13 Å². The summed E-state index contributed by atoms with van der Waals surface area (Å²) in [5.41, 5.74) is 4.01. The molecule has 2 aromatic carbocycles. The van der Waals surface area contributed by atoms with E-state index < -0.39 is 0 Å². The van der Waals surface area contributed by atoms with Crippen LogP contribution in [0.25, 0.3) is 28.1 Å². The van der Waals surface area contributed by atoms with Gasteiger partial charge in [-0.3, -0.25) is 0 Å². The second kappa shape index (κ2) is 7.77. The van der Waals surface area contributed by atoms with Crippen LogP contribution in [0.5, 0.6) is 5.75 Å². The molecule has 0 radical (unpaired) electrons. The molecule has 3 heterocycles. The van der Waals surface area contributed by atoms with Gasteiger partial charge in [-0.2, -0.15) is 5.10 Å². The van der Waals surface area contributed by atoms with Crippen LogP contribution >= 0.6 is 0 Å². The van der Waals surface area contributed by atoms with Crippen molar-refractivity contribution in [3.8, 4) is 22.8 Å². The average Bonchev–Trinajstić information content (AvgIpc) is 3.38. The largest absolute Gasteiger partial charge is 0.494 e. The predicted octanol–water partition coefficient (Wildman–Crippen LogP) is 4.42. The summed E-state index contributed by atoms with van der Waals surface area (Å²) in [7, 11) is 3.54. The Kier molecular flexibility index (Phi) is 4.78. The molecule has 1 N–H and O–H groups in total. The number of anilines is 2. The fourth-order valence-corrected chi connectivity index (χ4v) is 3.61. The number of halogens is 1. The number of nitrogens with one attached hydrogen (secondary N) is 1. The smallest absolute Gasteiger partial charge is 0.158 e. The number of methoxy groups -OCH3 is 1. The van der Waals surface area contributed by atoms with Gasteiger partial charge in [0, 0.05) is 30.6 Å². The van der Waals surface area contributed by atoms with E-state index in [1.165, 1.54) is 12.1 Å². The van der Waals surface area contributed by atoms with Crippen molar-refractivity contribution in [3.05, 3.63) is 72.7 Å². The second-order valence-electron chi connectivity index (χ2n) is 7.28. The second-order valence-corrected chi connectivity index (χ2v) is 7.28. The highest BCUT2D eigenvalue weighted by Crippen LogP contribution is 2.31. The molecule has 9 heteroatoms. The zero-order valence-electron chi connectivity index (χ0n) is 17.7. The van der Waals surface area contributed by atoms with E-state index in [4.69, 9.17) is 9.72 Å². The van der Waals surface area contributed by atoms with Crippen molar-refractivity contribution in [2.75, 3.05) is 12.4 Å². The Labute approximate surface area is 183 Å². The summed E-state index contributed by atoms with van der Waals surface area (Å²) in [4.78, 5) is 13.4. The highest BCUT2D eigenvalue weighted by molar-refractivity contribution is 5.90. The van der Waals surface area contributed by atoms with Gasteiger partial charge in [-0.15, -0.1) is 0 Å². The van der Waals surface area contributed by atoms with E-state index in [1.54, 1.807) is 36.4 Å². The first-order valence-corrected chi connectivity index (χ1v) is 9.94. The third-order valence-electron chi connectivity index (χ3n) is 5.20. The Hall–Kier alpha value is -4.27. The van der Waals surface area contributed by atoms with Crippen LogP contribution in [-0.2, 0) is 7.05 Å². The van der Waals surface area contributed by atoms with Crippen LogP contribution in [-0.4, -0.2) is 36.4 Å². The van der Waals surface area contributed by atoms with Gasteiger partial charge in [0.1, 0.15) is 40.7 Å². The monoisotopic (exact) mass is 429 g/mol. The van der Waals surface area contributed by atoms with Crippen molar-refractivity contribution in [2.45, 2.75) is 6.92 Å². The van der Waals surface area contributed by atoms with E-state index in [0.717, 1.165) is 28.3 Å². The van der Waals surface area contributed by atoms with Gasteiger partial charge in [0.05, 0.1) is 12.6 Å². The SMILES string of the molecule is COc1cc(Nc2nccc3c2nc(-c2ccc(F)cc2)n3C)ccc1-n1cnc(C)n1. The van der Waals surface area contributed by atoms with Crippen LogP contribution in [0.3, 0.4) is 0 Å². The number of hydrogen-bond donors (Lipinski definition) is 1. The van der Waals surface area contributed by atoms with Crippen molar-refractivity contribution in [2.24, 2.45) is 7.05 Å². The summed E-state index contributed by atoms with van der Waals surface area (Å²) in [5, 5.41) is 7.68. The lowest BCUT2D eigenvalue weighted by Crippen LogP contribution is -2.01. The minimum Gasteiger partial charge on any atom is -0.494 e. The van der Waals surface area contributed by atoms with Crippen LogP contribution in [0.1, 0.15) is 5.82 Å². The number of benzene rings is 2. The van der Waals surface area contributed by atoms with Crippen molar-refractivity contribution in [3.63, 3.8) is 0 Å². The molecule has 3 aromatic heterocycles. The molecule has 0 aliphatic carbocycles. The molecule has 5 aromatic rings. The number of nitrogens with zero attached hydrogens (tertiary/aromatic N) is 6. The van der Waals surface area contributed by atoms with Gasteiger partial charge < -0.3 is 14.6 Å². The van der Waals surface area contributed by atoms with E-state index in [-0.39, 0.29) is 5.82 Å². The number of ether oxygens (including phenoxy) is 1. The highest BCUT2D eigenvalue weighted by Gasteiger charge is 2.15. The van der Waals surface area contributed by atoms with Gasteiger partial charge in [0.15, 0.2) is 5.82 Å². The zero-order valence-corrected chi connectivity index (χ0v) is 17.7. The van der Waals surface area contributed by atoms with E-state index >= 15 is 0 Å².